The molecule has 1 saturated heterocycles. The van der Waals surface area contributed by atoms with Gasteiger partial charge in [-0.15, -0.1) is 0 Å². The molecule has 1 aliphatic heterocycles. The molecule has 1 fully saturated rings. The monoisotopic (exact) mass is 361 g/mol. The third-order valence-electron chi connectivity index (χ3n) is 4.76. The van der Waals surface area contributed by atoms with Crippen LogP contribution in [0.3, 0.4) is 0 Å². The zero-order valence-corrected chi connectivity index (χ0v) is 14.4. The van der Waals surface area contributed by atoms with Crippen LogP contribution in [-0.2, 0) is 9.59 Å². The van der Waals surface area contributed by atoms with Gasteiger partial charge >= 0.3 is 5.97 Å². The van der Waals surface area contributed by atoms with E-state index in [1.54, 1.807) is 17.0 Å². The minimum Gasteiger partial charge on any atom is -0.481 e. The predicted molar refractivity (Wildman–Crippen MR) is 92.2 cm³/mol. The summed E-state index contributed by atoms with van der Waals surface area (Å²) in [5.41, 5.74) is 0.730. The molecule has 0 radical (unpaired) electrons. The van der Waals surface area contributed by atoms with Crippen LogP contribution in [0.25, 0.3) is 10.9 Å². The number of amides is 2. The number of carbonyl (C=O) groups is 3. The van der Waals surface area contributed by atoms with E-state index in [0.717, 1.165) is 0 Å². The first-order chi connectivity index (χ1) is 12.4. The minimum atomic E-state index is -0.838. The average Bonchev–Trinajstić information content (AvgIpc) is 3.06. The Hall–Kier alpha value is -2.90. The van der Waals surface area contributed by atoms with Gasteiger partial charge in [-0.05, 0) is 31.0 Å². The molecule has 2 heterocycles. The summed E-state index contributed by atoms with van der Waals surface area (Å²) in [6.45, 7) is 0.624. The second-order valence-electron chi connectivity index (χ2n) is 6.54. The average molecular weight is 361 g/mol. The first-order valence-electron chi connectivity index (χ1n) is 8.40. The van der Waals surface area contributed by atoms with E-state index in [1.807, 2.05) is 0 Å². The molecule has 7 nitrogen and oxygen atoms in total. The molecule has 3 rings (SSSR count). The highest BCUT2D eigenvalue weighted by Crippen LogP contribution is 2.20. The van der Waals surface area contributed by atoms with Crippen molar-refractivity contribution >= 4 is 28.7 Å². The molecule has 0 saturated carbocycles. The Morgan fingerprint density at radius 1 is 1.31 bits per heavy atom. The highest BCUT2D eigenvalue weighted by Gasteiger charge is 2.28. The van der Waals surface area contributed by atoms with Crippen molar-refractivity contribution in [3.05, 3.63) is 35.8 Å². The lowest BCUT2D eigenvalue weighted by molar-refractivity contribution is -0.145. The lowest BCUT2D eigenvalue weighted by Crippen LogP contribution is -2.45. The summed E-state index contributed by atoms with van der Waals surface area (Å²) < 4.78 is 13.8. The van der Waals surface area contributed by atoms with E-state index in [2.05, 4.69) is 4.98 Å². The topological polar surface area (TPSA) is 93.7 Å². The van der Waals surface area contributed by atoms with Gasteiger partial charge in [0.05, 0.1) is 12.5 Å². The lowest BCUT2D eigenvalue weighted by atomic mass is 9.97. The Balaban J connectivity index is 1.62. The quantitative estimate of drug-likeness (QED) is 0.867. The fourth-order valence-corrected chi connectivity index (χ4v) is 3.19. The van der Waals surface area contributed by atoms with Gasteiger partial charge in [0.1, 0.15) is 11.5 Å². The number of aromatic amines is 1. The summed E-state index contributed by atoms with van der Waals surface area (Å²) in [7, 11) is 1.51. The number of carbonyl (C=O) groups excluding carboxylic acids is 2. The molecular formula is C18H20FN3O4. The maximum atomic E-state index is 13.8. The van der Waals surface area contributed by atoms with Crippen LogP contribution in [0.1, 0.15) is 23.3 Å². The van der Waals surface area contributed by atoms with Gasteiger partial charge in [0, 0.05) is 31.0 Å². The Morgan fingerprint density at radius 3 is 2.62 bits per heavy atom. The number of halogens is 1. The molecule has 2 aromatic rings. The molecule has 0 unspecified atom stereocenters. The highest BCUT2D eigenvalue weighted by atomic mass is 19.1. The van der Waals surface area contributed by atoms with Crippen LogP contribution >= 0.6 is 0 Å². The minimum absolute atomic E-state index is 0.117. The van der Waals surface area contributed by atoms with Crippen molar-refractivity contribution in [2.75, 3.05) is 26.7 Å². The molecule has 0 atom stereocenters. The van der Waals surface area contributed by atoms with E-state index in [9.17, 15) is 18.8 Å². The Labute approximate surface area is 149 Å². The number of carboxylic acids is 1. The molecule has 0 aliphatic carbocycles. The van der Waals surface area contributed by atoms with E-state index >= 15 is 0 Å². The molecule has 0 spiro atoms. The summed E-state index contributed by atoms with van der Waals surface area (Å²) in [6.07, 6.45) is 0.833. The van der Waals surface area contributed by atoms with Crippen LogP contribution < -0.4 is 0 Å². The van der Waals surface area contributed by atoms with Crippen LogP contribution in [0.5, 0.6) is 0 Å². The smallest absolute Gasteiger partial charge is 0.306 e. The Kier molecular flexibility index (Phi) is 4.92. The Morgan fingerprint density at radius 2 is 2.00 bits per heavy atom. The van der Waals surface area contributed by atoms with Gasteiger partial charge < -0.3 is 19.9 Å². The van der Waals surface area contributed by atoms with Gasteiger partial charge in [-0.3, -0.25) is 14.4 Å². The van der Waals surface area contributed by atoms with Crippen molar-refractivity contribution in [2.45, 2.75) is 12.8 Å². The van der Waals surface area contributed by atoms with Crippen LogP contribution in [0, 0.1) is 11.7 Å². The molecular weight excluding hydrogens is 341 g/mol. The number of likely N-dealkylation sites (N-methyl/N-ethyl adjacent to an activating group) is 1. The van der Waals surface area contributed by atoms with Crippen LogP contribution in [0.2, 0.25) is 0 Å². The first kappa shape index (κ1) is 17.9. The number of benzene rings is 1. The lowest BCUT2D eigenvalue weighted by Gasteiger charge is -2.31. The van der Waals surface area contributed by atoms with Crippen LogP contribution in [0.4, 0.5) is 4.39 Å². The zero-order chi connectivity index (χ0) is 18.8. The highest BCUT2D eigenvalue weighted by molar-refractivity contribution is 5.99. The van der Waals surface area contributed by atoms with Crippen molar-refractivity contribution < 1.29 is 23.9 Å². The molecule has 0 bridgehead atoms. The van der Waals surface area contributed by atoms with E-state index in [-0.39, 0.29) is 18.1 Å². The largest absolute Gasteiger partial charge is 0.481 e. The van der Waals surface area contributed by atoms with Gasteiger partial charge in [0.15, 0.2) is 0 Å². The van der Waals surface area contributed by atoms with Gasteiger partial charge in [0.2, 0.25) is 5.91 Å². The van der Waals surface area contributed by atoms with Crippen LogP contribution in [0.15, 0.2) is 24.3 Å². The second-order valence-corrected chi connectivity index (χ2v) is 6.54. The summed E-state index contributed by atoms with van der Waals surface area (Å²) in [5.74, 6) is -2.31. The number of aliphatic carboxylic acids is 1. The third kappa shape index (κ3) is 3.54. The van der Waals surface area contributed by atoms with Crippen molar-refractivity contribution in [3.63, 3.8) is 0 Å². The summed E-state index contributed by atoms with van der Waals surface area (Å²) in [6, 6.07) is 5.98. The fourth-order valence-electron chi connectivity index (χ4n) is 3.19. The van der Waals surface area contributed by atoms with Crippen molar-refractivity contribution in [3.8, 4) is 0 Å². The zero-order valence-electron chi connectivity index (χ0n) is 14.4. The molecule has 1 aromatic heterocycles. The molecule has 8 heteroatoms. The predicted octanol–water partition coefficient (Wildman–Crippen LogP) is 1.70. The SMILES string of the molecule is CN(CC(=O)N1CCC(C(=O)O)CC1)C(=O)c1cc2c(F)cccc2[nH]1. The first-order valence-corrected chi connectivity index (χ1v) is 8.40. The number of aromatic nitrogens is 1. The van der Waals surface area contributed by atoms with Crippen molar-refractivity contribution in [1.29, 1.82) is 0 Å². The normalized spacial score (nSPS) is 15.2. The number of piperidine rings is 1. The van der Waals surface area contributed by atoms with Gasteiger partial charge in [-0.1, -0.05) is 6.07 Å². The maximum absolute atomic E-state index is 13.8. The second kappa shape index (κ2) is 7.15. The van der Waals surface area contributed by atoms with E-state index in [1.165, 1.54) is 24.1 Å². The molecule has 2 amide bonds. The van der Waals surface area contributed by atoms with E-state index in [0.29, 0.717) is 36.8 Å². The Bertz CT molecular complexity index is 855. The number of hydrogen-bond acceptors (Lipinski definition) is 3. The van der Waals surface area contributed by atoms with Crippen molar-refractivity contribution in [2.24, 2.45) is 5.92 Å². The summed E-state index contributed by atoms with van der Waals surface area (Å²) >= 11 is 0. The van der Waals surface area contributed by atoms with Gasteiger partial charge in [-0.2, -0.15) is 0 Å². The molecule has 1 aliphatic rings. The molecule has 26 heavy (non-hydrogen) atoms. The van der Waals surface area contributed by atoms with Gasteiger partial charge in [0.25, 0.3) is 5.91 Å². The fraction of sp³-hybridized carbons (Fsp3) is 0.389. The number of carboxylic acid groups (broad SMARTS) is 1. The van der Waals surface area contributed by atoms with Crippen molar-refractivity contribution in [1.82, 2.24) is 14.8 Å². The standard InChI is InChI=1S/C18H20FN3O4/c1-21(10-16(23)22-7-5-11(6-8-22)18(25)26)17(24)15-9-12-13(19)3-2-4-14(12)20-15/h2-4,9,11,20H,5-8,10H2,1H3,(H,25,26). The molecule has 2 N–H and O–H groups in total. The molecule has 1 aromatic carbocycles. The number of likely N-dealkylation sites (tertiary alicyclic amines) is 1. The summed E-state index contributed by atoms with van der Waals surface area (Å²) in [4.78, 5) is 41.6. The number of nitrogens with one attached hydrogen (secondary N) is 1. The maximum Gasteiger partial charge on any atom is 0.306 e. The van der Waals surface area contributed by atoms with E-state index < -0.39 is 23.6 Å². The number of H-pyrrole nitrogens is 1. The number of hydrogen-bond donors (Lipinski definition) is 2. The van der Waals surface area contributed by atoms with Crippen LogP contribution in [-0.4, -0.2) is 64.4 Å². The molecule has 138 valence electrons. The summed E-state index contributed by atoms with van der Waals surface area (Å²) in [5, 5.41) is 9.33. The van der Waals surface area contributed by atoms with E-state index in [4.69, 9.17) is 5.11 Å². The number of nitrogens with zero attached hydrogens (tertiary/aromatic N) is 2. The number of fused-ring (bicyclic) bond motifs is 1. The van der Waals surface area contributed by atoms with Gasteiger partial charge in [-0.25, -0.2) is 4.39 Å². The third-order valence-corrected chi connectivity index (χ3v) is 4.76. The number of rotatable bonds is 4.